The van der Waals surface area contributed by atoms with E-state index in [1.807, 2.05) is 55.6 Å². The van der Waals surface area contributed by atoms with E-state index in [9.17, 15) is 0 Å². The predicted octanol–water partition coefficient (Wildman–Crippen LogP) is 4.03. The molecule has 0 amide bonds. The van der Waals surface area contributed by atoms with Gasteiger partial charge in [0.15, 0.2) is 0 Å². The number of hydrogen-bond acceptors (Lipinski definition) is 6. The van der Waals surface area contributed by atoms with Gasteiger partial charge in [0.1, 0.15) is 5.69 Å². The van der Waals surface area contributed by atoms with Crippen molar-refractivity contribution in [2.24, 2.45) is 0 Å². The lowest BCUT2D eigenvalue weighted by atomic mass is 9.91. The summed E-state index contributed by atoms with van der Waals surface area (Å²) in [5.41, 5.74) is 12.1. The SMILES string of the molecule is Cc1cccc(-c2cc(-c3cn(Cc4cccc(C(C)(C)C)n4)nn3)nc(N)n2)c1. The molecular formula is C23H25N7. The van der Waals surface area contributed by atoms with Gasteiger partial charge < -0.3 is 5.73 Å². The van der Waals surface area contributed by atoms with Gasteiger partial charge in [0.25, 0.3) is 0 Å². The normalized spacial score (nSPS) is 11.6. The molecule has 7 nitrogen and oxygen atoms in total. The Morgan fingerprint density at radius 2 is 1.67 bits per heavy atom. The molecule has 0 radical (unpaired) electrons. The van der Waals surface area contributed by atoms with E-state index in [-0.39, 0.29) is 11.4 Å². The van der Waals surface area contributed by atoms with E-state index in [2.05, 4.69) is 47.1 Å². The van der Waals surface area contributed by atoms with Gasteiger partial charge in [0.2, 0.25) is 5.95 Å². The maximum absolute atomic E-state index is 5.97. The number of nitrogen functional groups attached to an aromatic ring is 1. The van der Waals surface area contributed by atoms with Gasteiger partial charge in [-0.05, 0) is 31.2 Å². The smallest absolute Gasteiger partial charge is 0.221 e. The molecular weight excluding hydrogens is 374 g/mol. The summed E-state index contributed by atoms with van der Waals surface area (Å²) in [7, 11) is 0. The molecule has 4 aromatic rings. The fourth-order valence-electron chi connectivity index (χ4n) is 3.19. The van der Waals surface area contributed by atoms with Crippen LogP contribution < -0.4 is 5.73 Å². The largest absolute Gasteiger partial charge is 0.368 e. The summed E-state index contributed by atoms with van der Waals surface area (Å²) in [6.45, 7) is 9.03. The minimum atomic E-state index is -0.00574. The summed E-state index contributed by atoms with van der Waals surface area (Å²) in [5, 5.41) is 8.54. The van der Waals surface area contributed by atoms with Gasteiger partial charge in [0.05, 0.1) is 29.8 Å². The van der Waals surface area contributed by atoms with Crippen molar-refractivity contribution in [2.75, 3.05) is 5.73 Å². The van der Waals surface area contributed by atoms with Gasteiger partial charge in [-0.1, -0.05) is 55.8 Å². The van der Waals surface area contributed by atoms with E-state index < -0.39 is 0 Å². The number of pyridine rings is 1. The van der Waals surface area contributed by atoms with E-state index in [1.54, 1.807) is 4.68 Å². The highest BCUT2D eigenvalue weighted by atomic mass is 15.4. The molecule has 0 aliphatic carbocycles. The summed E-state index contributed by atoms with van der Waals surface area (Å²) in [6, 6.07) is 16.1. The van der Waals surface area contributed by atoms with Gasteiger partial charge >= 0.3 is 0 Å². The molecule has 2 N–H and O–H groups in total. The van der Waals surface area contributed by atoms with Crippen molar-refractivity contribution >= 4 is 5.95 Å². The van der Waals surface area contributed by atoms with Crippen molar-refractivity contribution in [2.45, 2.75) is 39.7 Å². The summed E-state index contributed by atoms with van der Waals surface area (Å²) in [5.74, 6) is 0.207. The molecule has 152 valence electrons. The average molecular weight is 400 g/mol. The van der Waals surface area contributed by atoms with E-state index in [0.29, 0.717) is 17.9 Å². The zero-order valence-corrected chi connectivity index (χ0v) is 17.7. The van der Waals surface area contributed by atoms with Crippen LogP contribution >= 0.6 is 0 Å². The lowest BCUT2D eigenvalue weighted by molar-refractivity contribution is 0.559. The third-order valence-corrected chi connectivity index (χ3v) is 4.76. The summed E-state index contributed by atoms with van der Waals surface area (Å²) in [6.07, 6.45) is 1.85. The minimum Gasteiger partial charge on any atom is -0.368 e. The Hall–Kier alpha value is -3.61. The zero-order chi connectivity index (χ0) is 21.3. The summed E-state index contributed by atoms with van der Waals surface area (Å²) in [4.78, 5) is 13.5. The average Bonchev–Trinajstić information content (AvgIpc) is 3.16. The van der Waals surface area contributed by atoms with Crippen molar-refractivity contribution in [3.63, 3.8) is 0 Å². The lowest BCUT2D eigenvalue weighted by Gasteiger charge is -2.18. The number of nitrogens with zero attached hydrogens (tertiary/aromatic N) is 6. The van der Waals surface area contributed by atoms with Crippen LogP contribution in [0.25, 0.3) is 22.6 Å². The number of hydrogen-bond donors (Lipinski definition) is 1. The highest BCUT2D eigenvalue weighted by Gasteiger charge is 2.16. The molecule has 0 aliphatic heterocycles. The lowest BCUT2D eigenvalue weighted by Crippen LogP contribution is -2.15. The maximum atomic E-state index is 5.97. The van der Waals surface area contributed by atoms with E-state index >= 15 is 0 Å². The minimum absolute atomic E-state index is 0.00574. The molecule has 7 heteroatoms. The van der Waals surface area contributed by atoms with Crippen LogP contribution in [0.1, 0.15) is 37.7 Å². The van der Waals surface area contributed by atoms with Gasteiger partial charge in [0, 0.05) is 16.7 Å². The van der Waals surface area contributed by atoms with Crippen LogP contribution in [0.4, 0.5) is 5.95 Å². The standard InChI is InChI=1S/C23H25N7/c1-15-7-5-8-16(11-15)18-12-19(27-22(24)26-18)20-14-30(29-28-20)13-17-9-6-10-21(25-17)23(2,3)4/h5-12,14H,13H2,1-4H3,(H2,24,26,27). The fraction of sp³-hybridized carbons (Fsp3) is 0.261. The molecule has 30 heavy (non-hydrogen) atoms. The first-order valence-corrected chi connectivity index (χ1v) is 9.86. The molecule has 0 fully saturated rings. The molecule has 0 saturated heterocycles. The third-order valence-electron chi connectivity index (χ3n) is 4.76. The first-order chi connectivity index (χ1) is 14.3. The Bertz CT molecular complexity index is 1190. The molecule has 0 atom stereocenters. The Morgan fingerprint density at radius 3 is 2.43 bits per heavy atom. The van der Waals surface area contributed by atoms with Crippen molar-refractivity contribution in [3.8, 4) is 22.6 Å². The van der Waals surface area contributed by atoms with Crippen LogP contribution in [-0.2, 0) is 12.0 Å². The van der Waals surface area contributed by atoms with Crippen LogP contribution in [0.3, 0.4) is 0 Å². The molecule has 3 heterocycles. The van der Waals surface area contributed by atoms with Gasteiger partial charge in [-0.2, -0.15) is 0 Å². The highest BCUT2D eigenvalue weighted by molar-refractivity contribution is 5.67. The molecule has 0 spiro atoms. The van der Waals surface area contributed by atoms with Crippen molar-refractivity contribution in [1.82, 2.24) is 29.9 Å². The number of nitrogens with two attached hydrogens (primary N) is 1. The number of rotatable bonds is 4. The molecule has 0 unspecified atom stereocenters. The van der Waals surface area contributed by atoms with Gasteiger partial charge in [-0.15, -0.1) is 5.10 Å². The topological polar surface area (TPSA) is 95.4 Å². The van der Waals surface area contributed by atoms with Crippen LogP contribution in [0, 0.1) is 6.92 Å². The molecule has 0 bridgehead atoms. The first-order valence-electron chi connectivity index (χ1n) is 9.86. The van der Waals surface area contributed by atoms with Crippen LogP contribution in [0.2, 0.25) is 0 Å². The number of anilines is 1. The quantitative estimate of drug-likeness (QED) is 0.556. The molecule has 3 aromatic heterocycles. The van der Waals surface area contributed by atoms with E-state index in [0.717, 1.165) is 28.2 Å². The molecule has 4 rings (SSSR count). The first kappa shape index (κ1) is 19.7. The maximum Gasteiger partial charge on any atom is 0.221 e. The molecule has 0 saturated carbocycles. The second-order valence-electron chi connectivity index (χ2n) is 8.43. The number of benzene rings is 1. The Morgan fingerprint density at radius 1 is 0.900 bits per heavy atom. The van der Waals surface area contributed by atoms with E-state index in [4.69, 9.17) is 10.7 Å². The molecule has 1 aromatic carbocycles. The third kappa shape index (κ3) is 4.35. The Balaban J connectivity index is 1.62. The second kappa shape index (κ2) is 7.67. The number of aromatic nitrogens is 6. The predicted molar refractivity (Wildman–Crippen MR) is 118 cm³/mol. The van der Waals surface area contributed by atoms with Crippen molar-refractivity contribution < 1.29 is 0 Å². The van der Waals surface area contributed by atoms with E-state index in [1.165, 1.54) is 0 Å². The Labute approximate surface area is 176 Å². The van der Waals surface area contributed by atoms with Crippen LogP contribution in [0.15, 0.2) is 54.7 Å². The fourth-order valence-corrected chi connectivity index (χ4v) is 3.19. The highest BCUT2D eigenvalue weighted by Crippen LogP contribution is 2.24. The van der Waals surface area contributed by atoms with Crippen molar-refractivity contribution in [1.29, 1.82) is 0 Å². The molecule has 0 aliphatic rings. The monoisotopic (exact) mass is 399 g/mol. The summed E-state index contributed by atoms with van der Waals surface area (Å²) >= 11 is 0. The van der Waals surface area contributed by atoms with Crippen LogP contribution in [-0.4, -0.2) is 29.9 Å². The zero-order valence-electron chi connectivity index (χ0n) is 17.7. The summed E-state index contributed by atoms with van der Waals surface area (Å²) < 4.78 is 1.76. The van der Waals surface area contributed by atoms with Crippen molar-refractivity contribution in [3.05, 3.63) is 71.7 Å². The number of aryl methyl sites for hydroxylation is 1. The second-order valence-corrected chi connectivity index (χ2v) is 8.43. The van der Waals surface area contributed by atoms with Gasteiger partial charge in [-0.3, -0.25) is 4.98 Å². The van der Waals surface area contributed by atoms with Crippen LogP contribution in [0.5, 0.6) is 0 Å². The van der Waals surface area contributed by atoms with Gasteiger partial charge in [-0.25, -0.2) is 14.6 Å². The Kier molecular flexibility index (Phi) is 5.03.